The maximum absolute atomic E-state index is 6.09. The van der Waals surface area contributed by atoms with Gasteiger partial charge < -0.3 is 9.64 Å². The highest BCUT2D eigenvalue weighted by atomic mass is 35.5. The fourth-order valence-electron chi connectivity index (χ4n) is 2.68. The zero-order chi connectivity index (χ0) is 15.5. The normalized spacial score (nSPS) is 17.5. The molecule has 1 aliphatic rings. The molecular formula is C17H16BClN2O. The predicted octanol–water partition coefficient (Wildman–Crippen LogP) is 2.83. The van der Waals surface area contributed by atoms with Gasteiger partial charge in [0.25, 0.3) is 0 Å². The van der Waals surface area contributed by atoms with Crippen LogP contribution >= 0.6 is 11.6 Å². The lowest BCUT2D eigenvalue weighted by molar-refractivity contribution is 0.216. The molecule has 2 aromatic rings. The van der Waals surface area contributed by atoms with E-state index < -0.39 is 0 Å². The van der Waals surface area contributed by atoms with E-state index >= 15 is 0 Å². The van der Waals surface area contributed by atoms with Gasteiger partial charge in [-0.1, -0.05) is 41.9 Å². The Labute approximate surface area is 137 Å². The van der Waals surface area contributed by atoms with Crippen LogP contribution < -0.4 is 15.1 Å². The molecule has 0 saturated carbocycles. The molecule has 3 nitrogen and oxygen atoms in total. The van der Waals surface area contributed by atoms with Gasteiger partial charge in [-0.2, -0.15) is 0 Å². The number of nitrogens with zero attached hydrogens (tertiary/aromatic N) is 2. The van der Waals surface area contributed by atoms with Gasteiger partial charge in [-0.05, 0) is 23.8 Å². The van der Waals surface area contributed by atoms with Crippen LogP contribution in [0.25, 0.3) is 6.08 Å². The SMILES string of the molecule is [B]c1ccc(N2CCC(Oc3ncccc3Cl)C2)c(C=C)c1. The largest absolute Gasteiger partial charge is 0.471 e. The number of hydrogen-bond donors (Lipinski definition) is 0. The van der Waals surface area contributed by atoms with Crippen molar-refractivity contribution >= 4 is 36.7 Å². The summed E-state index contributed by atoms with van der Waals surface area (Å²) in [4.78, 5) is 6.46. The molecule has 1 unspecified atom stereocenters. The van der Waals surface area contributed by atoms with Crippen molar-refractivity contribution in [2.75, 3.05) is 18.0 Å². The van der Waals surface area contributed by atoms with Gasteiger partial charge in [0.1, 0.15) is 19.0 Å². The van der Waals surface area contributed by atoms with E-state index in [0.29, 0.717) is 10.9 Å². The number of rotatable bonds is 4. The first-order valence-corrected chi connectivity index (χ1v) is 7.59. The molecule has 0 N–H and O–H groups in total. The van der Waals surface area contributed by atoms with Gasteiger partial charge in [0, 0.05) is 24.8 Å². The molecule has 1 aromatic heterocycles. The lowest BCUT2D eigenvalue weighted by Crippen LogP contribution is -2.25. The van der Waals surface area contributed by atoms with Gasteiger partial charge in [0.2, 0.25) is 5.88 Å². The lowest BCUT2D eigenvalue weighted by atomic mass is 9.93. The molecular weight excluding hydrogens is 294 g/mol. The molecule has 1 aromatic carbocycles. The monoisotopic (exact) mass is 310 g/mol. The number of anilines is 1. The molecule has 1 saturated heterocycles. The summed E-state index contributed by atoms with van der Waals surface area (Å²) in [5, 5.41) is 0.542. The number of pyridine rings is 1. The Hall–Kier alpha value is -1.94. The molecule has 0 bridgehead atoms. The number of hydrogen-bond acceptors (Lipinski definition) is 3. The molecule has 0 spiro atoms. The van der Waals surface area contributed by atoms with Gasteiger partial charge in [-0.15, -0.1) is 0 Å². The first kappa shape index (κ1) is 15.0. The van der Waals surface area contributed by atoms with E-state index in [1.807, 2.05) is 24.3 Å². The summed E-state index contributed by atoms with van der Waals surface area (Å²) in [5.74, 6) is 0.497. The van der Waals surface area contributed by atoms with Crippen molar-refractivity contribution in [2.45, 2.75) is 12.5 Å². The van der Waals surface area contributed by atoms with Crippen molar-refractivity contribution in [2.24, 2.45) is 0 Å². The number of benzene rings is 1. The zero-order valence-electron chi connectivity index (χ0n) is 12.2. The highest BCUT2D eigenvalue weighted by Gasteiger charge is 2.26. The Kier molecular flexibility index (Phi) is 4.39. The summed E-state index contributed by atoms with van der Waals surface area (Å²) in [6, 6.07) is 9.45. The van der Waals surface area contributed by atoms with Crippen LogP contribution in [0.2, 0.25) is 5.02 Å². The molecule has 5 heteroatoms. The van der Waals surface area contributed by atoms with Crippen LogP contribution in [0.4, 0.5) is 5.69 Å². The van der Waals surface area contributed by atoms with E-state index in [1.165, 1.54) is 0 Å². The second-order valence-corrected chi connectivity index (χ2v) is 5.69. The summed E-state index contributed by atoms with van der Waals surface area (Å²) in [6.45, 7) is 5.57. The van der Waals surface area contributed by atoms with Crippen LogP contribution in [0.1, 0.15) is 12.0 Å². The van der Waals surface area contributed by atoms with Gasteiger partial charge >= 0.3 is 0 Å². The Balaban J connectivity index is 1.73. The first-order chi connectivity index (χ1) is 10.7. The highest BCUT2D eigenvalue weighted by molar-refractivity contribution is 6.32. The van der Waals surface area contributed by atoms with Crippen LogP contribution in [0.3, 0.4) is 0 Å². The number of aromatic nitrogens is 1. The minimum absolute atomic E-state index is 0.0719. The van der Waals surface area contributed by atoms with Crippen LogP contribution in [0.5, 0.6) is 5.88 Å². The maximum Gasteiger partial charge on any atom is 0.232 e. The fraction of sp³-hybridized carbons (Fsp3) is 0.235. The Morgan fingerprint density at radius 1 is 1.41 bits per heavy atom. The van der Waals surface area contributed by atoms with Crippen molar-refractivity contribution < 1.29 is 4.74 Å². The molecule has 22 heavy (non-hydrogen) atoms. The summed E-state index contributed by atoms with van der Waals surface area (Å²) in [5.41, 5.74) is 2.91. The molecule has 3 rings (SSSR count). The van der Waals surface area contributed by atoms with Crippen molar-refractivity contribution in [3.63, 3.8) is 0 Å². The lowest BCUT2D eigenvalue weighted by Gasteiger charge is -2.21. The van der Waals surface area contributed by atoms with Gasteiger partial charge in [-0.3, -0.25) is 0 Å². The summed E-state index contributed by atoms with van der Waals surface area (Å²) in [7, 11) is 5.83. The van der Waals surface area contributed by atoms with E-state index in [2.05, 4.69) is 16.5 Å². The third-order valence-corrected chi connectivity index (χ3v) is 4.05. The minimum Gasteiger partial charge on any atom is -0.471 e. The predicted molar refractivity (Wildman–Crippen MR) is 92.4 cm³/mol. The molecule has 2 radical (unpaired) electrons. The average molecular weight is 311 g/mol. The smallest absolute Gasteiger partial charge is 0.232 e. The summed E-state index contributed by atoms with van der Waals surface area (Å²) >= 11 is 6.09. The first-order valence-electron chi connectivity index (χ1n) is 7.21. The quantitative estimate of drug-likeness (QED) is 0.812. The molecule has 1 atom stereocenters. The van der Waals surface area contributed by atoms with Gasteiger partial charge in [-0.25, -0.2) is 4.98 Å². The van der Waals surface area contributed by atoms with Crippen LogP contribution in [0, 0.1) is 0 Å². The third kappa shape index (κ3) is 3.12. The molecule has 0 amide bonds. The van der Waals surface area contributed by atoms with E-state index in [1.54, 1.807) is 18.3 Å². The number of halogens is 1. The molecule has 1 aliphatic heterocycles. The Morgan fingerprint density at radius 3 is 3.05 bits per heavy atom. The fourth-order valence-corrected chi connectivity index (χ4v) is 2.85. The van der Waals surface area contributed by atoms with E-state index in [0.717, 1.165) is 36.2 Å². The van der Waals surface area contributed by atoms with E-state index in [4.69, 9.17) is 24.2 Å². The highest BCUT2D eigenvalue weighted by Crippen LogP contribution is 2.28. The van der Waals surface area contributed by atoms with Gasteiger partial charge in [0.15, 0.2) is 0 Å². The minimum atomic E-state index is 0.0719. The molecule has 110 valence electrons. The second-order valence-electron chi connectivity index (χ2n) is 5.29. The standard InChI is InChI=1S/C17H16BClN2O/c1-2-12-10-13(18)5-6-16(12)21-9-7-14(11-21)22-17-15(19)4-3-8-20-17/h2-6,8,10,14H,1,7,9,11H2. The molecule has 1 fully saturated rings. The van der Waals surface area contributed by atoms with E-state index in [9.17, 15) is 0 Å². The third-order valence-electron chi connectivity index (χ3n) is 3.76. The van der Waals surface area contributed by atoms with Crippen molar-refractivity contribution in [3.8, 4) is 5.88 Å². The molecule has 2 heterocycles. The summed E-state index contributed by atoms with van der Waals surface area (Å²) in [6.07, 6.45) is 4.51. The van der Waals surface area contributed by atoms with Crippen LogP contribution in [-0.2, 0) is 0 Å². The summed E-state index contributed by atoms with van der Waals surface area (Å²) < 4.78 is 5.92. The Bertz CT molecular complexity index is 692. The number of ether oxygens (including phenoxy) is 1. The van der Waals surface area contributed by atoms with E-state index in [-0.39, 0.29) is 6.10 Å². The molecule has 0 aliphatic carbocycles. The van der Waals surface area contributed by atoms with Crippen molar-refractivity contribution in [3.05, 3.63) is 53.7 Å². The second kappa shape index (κ2) is 6.45. The van der Waals surface area contributed by atoms with Crippen molar-refractivity contribution in [1.82, 2.24) is 4.98 Å². The topological polar surface area (TPSA) is 25.4 Å². The van der Waals surface area contributed by atoms with Crippen LogP contribution in [-0.4, -0.2) is 32.0 Å². The van der Waals surface area contributed by atoms with Crippen LogP contribution in [0.15, 0.2) is 43.1 Å². The Morgan fingerprint density at radius 2 is 2.27 bits per heavy atom. The average Bonchev–Trinajstić information content (AvgIpc) is 2.98. The maximum atomic E-state index is 6.09. The zero-order valence-corrected chi connectivity index (χ0v) is 13.0. The van der Waals surface area contributed by atoms with Gasteiger partial charge in [0.05, 0.1) is 6.54 Å². The van der Waals surface area contributed by atoms with Crippen molar-refractivity contribution in [1.29, 1.82) is 0 Å².